The van der Waals surface area contributed by atoms with Crippen molar-refractivity contribution in [1.29, 1.82) is 0 Å². The first-order valence-corrected chi connectivity index (χ1v) is 7.84. The molecule has 0 amide bonds. The van der Waals surface area contributed by atoms with E-state index in [0.29, 0.717) is 12.0 Å². The Morgan fingerprint density at radius 1 is 1.35 bits per heavy atom. The highest BCUT2D eigenvalue weighted by Crippen LogP contribution is 2.28. The fourth-order valence-corrected chi connectivity index (χ4v) is 2.85. The molecule has 1 N–H and O–H groups in total. The van der Waals surface area contributed by atoms with Gasteiger partial charge in [0.1, 0.15) is 5.82 Å². The van der Waals surface area contributed by atoms with Crippen LogP contribution in [0.3, 0.4) is 0 Å². The highest BCUT2D eigenvalue weighted by molar-refractivity contribution is 5.42. The summed E-state index contributed by atoms with van der Waals surface area (Å²) in [5, 5.41) is 3.51. The number of hydrogen-bond acceptors (Lipinski definition) is 3. The summed E-state index contributed by atoms with van der Waals surface area (Å²) in [5.74, 6) is 1.84. The average Bonchev–Trinajstić information content (AvgIpc) is 2.85. The van der Waals surface area contributed by atoms with Crippen molar-refractivity contribution in [2.75, 3.05) is 11.4 Å². The van der Waals surface area contributed by atoms with Gasteiger partial charge in [-0.3, -0.25) is 0 Å². The van der Waals surface area contributed by atoms with E-state index in [4.69, 9.17) is 4.98 Å². The summed E-state index contributed by atoms with van der Waals surface area (Å²) >= 11 is 0. The second-order valence-corrected chi connectivity index (χ2v) is 7.24. The minimum Gasteiger partial charge on any atom is -0.353 e. The fraction of sp³-hybridized carbons (Fsp3) is 0.706. The Morgan fingerprint density at radius 2 is 2.10 bits per heavy atom. The molecule has 1 aliphatic rings. The maximum atomic E-state index is 4.85. The topological polar surface area (TPSA) is 28.2 Å². The molecule has 0 bridgehead atoms. The van der Waals surface area contributed by atoms with Gasteiger partial charge in [0, 0.05) is 24.7 Å². The molecule has 112 valence electrons. The highest BCUT2D eigenvalue weighted by Gasteiger charge is 2.28. The van der Waals surface area contributed by atoms with Crippen molar-refractivity contribution in [1.82, 2.24) is 10.3 Å². The summed E-state index contributed by atoms with van der Waals surface area (Å²) < 4.78 is 0. The van der Waals surface area contributed by atoms with Crippen LogP contribution in [0.2, 0.25) is 0 Å². The van der Waals surface area contributed by atoms with E-state index >= 15 is 0 Å². The summed E-state index contributed by atoms with van der Waals surface area (Å²) in [4.78, 5) is 7.35. The monoisotopic (exact) mass is 275 g/mol. The lowest BCUT2D eigenvalue weighted by atomic mass is 10.0. The van der Waals surface area contributed by atoms with Crippen LogP contribution < -0.4 is 10.2 Å². The summed E-state index contributed by atoms with van der Waals surface area (Å²) in [6.45, 7) is 13.2. The van der Waals surface area contributed by atoms with Gasteiger partial charge in [-0.05, 0) is 51.7 Å². The van der Waals surface area contributed by atoms with Crippen molar-refractivity contribution in [2.45, 2.75) is 65.6 Å². The molecule has 0 spiro atoms. The van der Waals surface area contributed by atoms with E-state index in [1.165, 1.54) is 12.8 Å². The van der Waals surface area contributed by atoms with E-state index in [1.54, 1.807) is 0 Å². The van der Waals surface area contributed by atoms with Crippen molar-refractivity contribution in [3.8, 4) is 0 Å². The zero-order valence-corrected chi connectivity index (χ0v) is 13.6. The van der Waals surface area contributed by atoms with Gasteiger partial charge in [0.25, 0.3) is 0 Å². The van der Waals surface area contributed by atoms with Gasteiger partial charge in [-0.15, -0.1) is 0 Å². The maximum absolute atomic E-state index is 4.85. The average molecular weight is 275 g/mol. The van der Waals surface area contributed by atoms with Gasteiger partial charge in [0.05, 0.1) is 5.69 Å². The third kappa shape index (κ3) is 3.95. The van der Waals surface area contributed by atoms with Crippen molar-refractivity contribution in [3.05, 3.63) is 23.9 Å². The quantitative estimate of drug-likeness (QED) is 0.910. The standard InChI is InChI=1S/C17H29N3/c1-13(2)15-9-7-11-20(15)16-10-6-8-14(19-16)12-18-17(3,4)5/h6,8,10,13,15,18H,7,9,11-12H2,1-5H3. The predicted octanol–water partition coefficient (Wildman–Crippen LogP) is 3.59. The zero-order valence-electron chi connectivity index (χ0n) is 13.6. The highest BCUT2D eigenvalue weighted by atomic mass is 15.2. The van der Waals surface area contributed by atoms with Gasteiger partial charge in [0.2, 0.25) is 0 Å². The second kappa shape index (κ2) is 6.13. The molecule has 1 atom stereocenters. The molecule has 20 heavy (non-hydrogen) atoms. The van der Waals surface area contributed by atoms with Crippen molar-refractivity contribution < 1.29 is 0 Å². The third-order valence-corrected chi connectivity index (χ3v) is 3.95. The molecule has 0 aliphatic carbocycles. The van der Waals surface area contributed by atoms with E-state index in [1.807, 2.05) is 0 Å². The zero-order chi connectivity index (χ0) is 14.8. The van der Waals surface area contributed by atoms with Crippen LogP contribution in [0.4, 0.5) is 5.82 Å². The van der Waals surface area contributed by atoms with E-state index in [2.05, 4.69) is 63.0 Å². The largest absolute Gasteiger partial charge is 0.353 e. The van der Waals surface area contributed by atoms with E-state index < -0.39 is 0 Å². The van der Waals surface area contributed by atoms with E-state index in [9.17, 15) is 0 Å². The molecule has 1 aromatic heterocycles. The Kier molecular flexibility index (Phi) is 4.69. The minimum atomic E-state index is 0.131. The van der Waals surface area contributed by atoms with Crippen LogP contribution in [-0.2, 0) is 6.54 Å². The number of rotatable bonds is 4. The number of hydrogen-bond donors (Lipinski definition) is 1. The van der Waals surface area contributed by atoms with Crippen LogP contribution in [0.1, 0.15) is 53.2 Å². The number of anilines is 1. The van der Waals surface area contributed by atoms with Crippen LogP contribution in [0.15, 0.2) is 18.2 Å². The molecule has 2 heterocycles. The van der Waals surface area contributed by atoms with Crippen molar-refractivity contribution in [2.24, 2.45) is 5.92 Å². The number of nitrogens with one attached hydrogen (secondary N) is 1. The van der Waals surface area contributed by atoms with Gasteiger partial charge >= 0.3 is 0 Å². The molecule has 1 saturated heterocycles. The van der Waals surface area contributed by atoms with E-state index in [-0.39, 0.29) is 5.54 Å². The van der Waals surface area contributed by atoms with Gasteiger partial charge in [0.15, 0.2) is 0 Å². The SMILES string of the molecule is CC(C)C1CCCN1c1cccc(CNC(C)(C)C)n1. The molecule has 3 heteroatoms. The van der Waals surface area contributed by atoms with Crippen LogP contribution in [0.25, 0.3) is 0 Å². The molecule has 1 aliphatic heterocycles. The number of aromatic nitrogens is 1. The van der Waals surface area contributed by atoms with Crippen LogP contribution in [0, 0.1) is 5.92 Å². The normalized spacial score (nSPS) is 19.9. The van der Waals surface area contributed by atoms with Crippen molar-refractivity contribution in [3.63, 3.8) is 0 Å². The molecule has 1 fully saturated rings. The van der Waals surface area contributed by atoms with E-state index in [0.717, 1.165) is 24.6 Å². The molecule has 0 radical (unpaired) electrons. The first-order chi connectivity index (χ1) is 9.37. The number of pyridine rings is 1. The summed E-state index contributed by atoms with van der Waals surface area (Å²) in [7, 11) is 0. The summed E-state index contributed by atoms with van der Waals surface area (Å²) in [6.07, 6.45) is 2.58. The second-order valence-electron chi connectivity index (χ2n) is 7.24. The van der Waals surface area contributed by atoms with Gasteiger partial charge in [-0.1, -0.05) is 19.9 Å². The van der Waals surface area contributed by atoms with Crippen LogP contribution >= 0.6 is 0 Å². The Morgan fingerprint density at radius 3 is 2.75 bits per heavy atom. The van der Waals surface area contributed by atoms with Crippen molar-refractivity contribution >= 4 is 5.82 Å². The fourth-order valence-electron chi connectivity index (χ4n) is 2.85. The summed E-state index contributed by atoms with van der Waals surface area (Å²) in [5.41, 5.74) is 1.26. The molecule has 2 rings (SSSR count). The molecular formula is C17H29N3. The molecular weight excluding hydrogens is 246 g/mol. The summed E-state index contributed by atoms with van der Waals surface area (Å²) in [6, 6.07) is 7.05. The lowest BCUT2D eigenvalue weighted by molar-refractivity contribution is 0.421. The number of nitrogens with zero attached hydrogens (tertiary/aromatic N) is 2. The third-order valence-electron chi connectivity index (χ3n) is 3.95. The minimum absolute atomic E-state index is 0.131. The predicted molar refractivity (Wildman–Crippen MR) is 86.0 cm³/mol. The Balaban J connectivity index is 2.09. The molecule has 1 aromatic rings. The maximum Gasteiger partial charge on any atom is 0.129 e. The van der Waals surface area contributed by atoms with Gasteiger partial charge in [-0.2, -0.15) is 0 Å². The smallest absolute Gasteiger partial charge is 0.129 e. The molecule has 1 unspecified atom stereocenters. The first-order valence-electron chi connectivity index (χ1n) is 7.84. The molecule has 0 saturated carbocycles. The Bertz CT molecular complexity index is 434. The van der Waals surface area contributed by atoms with Gasteiger partial charge < -0.3 is 10.2 Å². The molecule has 3 nitrogen and oxygen atoms in total. The molecule has 0 aromatic carbocycles. The van der Waals surface area contributed by atoms with Crippen LogP contribution in [-0.4, -0.2) is 23.1 Å². The van der Waals surface area contributed by atoms with Gasteiger partial charge in [-0.25, -0.2) is 4.98 Å². The Labute approximate surface area is 123 Å². The first kappa shape index (κ1) is 15.3. The van der Waals surface area contributed by atoms with Crippen LogP contribution in [0.5, 0.6) is 0 Å². The lowest BCUT2D eigenvalue weighted by Crippen LogP contribution is -2.36. The lowest BCUT2D eigenvalue weighted by Gasteiger charge is -2.29. The Hall–Kier alpha value is -1.09.